The molecule has 0 fully saturated rings. The van der Waals surface area contributed by atoms with Crippen molar-refractivity contribution in [3.05, 3.63) is 15.6 Å². The normalized spacial score (nSPS) is 13.1. The highest BCUT2D eigenvalue weighted by Crippen LogP contribution is 2.17. The van der Waals surface area contributed by atoms with Gasteiger partial charge in [-0.15, -0.1) is 11.3 Å². The predicted octanol–water partition coefficient (Wildman–Crippen LogP) is 2.69. The summed E-state index contributed by atoms with van der Waals surface area (Å²) >= 11 is 1.82. The summed E-state index contributed by atoms with van der Waals surface area (Å²) in [5, 5.41) is 4.68. The minimum Gasteiger partial charge on any atom is -0.314 e. The first kappa shape index (κ1) is 11.7. The van der Waals surface area contributed by atoms with Gasteiger partial charge < -0.3 is 5.32 Å². The zero-order valence-electron chi connectivity index (χ0n) is 9.55. The van der Waals surface area contributed by atoms with Gasteiger partial charge in [0.25, 0.3) is 0 Å². The average Bonchev–Trinajstić information content (AvgIpc) is 2.45. The summed E-state index contributed by atoms with van der Waals surface area (Å²) in [4.78, 5) is 5.85. The van der Waals surface area contributed by atoms with Crippen LogP contribution in [0, 0.1) is 13.8 Å². The van der Waals surface area contributed by atoms with E-state index in [9.17, 15) is 0 Å². The Hall–Kier alpha value is -0.410. The maximum Gasteiger partial charge on any atom is 0.0900 e. The van der Waals surface area contributed by atoms with Gasteiger partial charge in [-0.25, -0.2) is 4.98 Å². The molecule has 1 aromatic heterocycles. The van der Waals surface area contributed by atoms with Crippen molar-refractivity contribution in [3.8, 4) is 0 Å². The first-order valence-corrected chi connectivity index (χ1v) is 6.11. The summed E-state index contributed by atoms with van der Waals surface area (Å²) in [6, 6.07) is 0.629. The molecule has 0 bridgehead atoms. The second-order valence-corrected chi connectivity index (χ2v) is 5.04. The van der Waals surface area contributed by atoms with Gasteiger partial charge in [0, 0.05) is 17.5 Å². The van der Waals surface area contributed by atoms with Crippen LogP contribution in [-0.4, -0.2) is 17.6 Å². The van der Waals surface area contributed by atoms with E-state index in [4.69, 9.17) is 0 Å². The van der Waals surface area contributed by atoms with Gasteiger partial charge in [-0.2, -0.15) is 0 Å². The molecule has 0 radical (unpaired) electrons. The van der Waals surface area contributed by atoms with Crippen molar-refractivity contribution >= 4 is 11.3 Å². The number of rotatable bonds is 5. The molecule has 0 aliphatic heterocycles. The fourth-order valence-corrected chi connectivity index (χ4v) is 2.32. The zero-order valence-corrected chi connectivity index (χ0v) is 10.4. The summed E-state index contributed by atoms with van der Waals surface area (Å²) in [7, 11) is 0. The quantitative estimate of drug-likeness (QED) is 0.811. The summed E-state index contributed by atoms with van der Waals surface area (Å²) in [5.41, 5.74) is 1.21. The molecule has 3 heteroatoms. The molecule has 0 spiro atoms. The molecule has 14 heavy (non-hydrogen) atoms. The van der Waals surface area contributed by atoms with Gasteiger partial charge in [-0.3, -0.25) is 0 Å². The molecule has 1 unspecified atom stereocenters. The van der Waals surface area contributed by atoms with Crippen LogP contribution in [0.5, 0.6) is 0 Å². The molecule has 80 valence electrons. The van der Waals surface area contributed by atoms with E-state index >= 15 is 0 Å². The third kappa shape index (κ3) is 3.39. The number of thiazole rings is 1. The van der Waals surface area contributed by atoms with Gasteiger partial charge in [0.1, 0.15) is 0 Å². The highest BCUT2D eigenvalue weighted by Gasteiger charge is 2.04. The maximum atomic E-state index is 4.42. The van der Waals surface area contributed by atoms with Crippen molar-refractivity contribution in [1.82, 2.24) is 10.3 Å². The molecule has 0 amide bonds. The highest BCUT2D eigenvalue weighted by atomic mass is 32.1. The van der Waals surface area contributed by atoms with Gasteiger partial charge in [0.05, 0.1) is 10.7 Å². The highest BCUT2D eigenvalue weighted by molar-refractivity contribution is 7.11. The number of aryl methyl sites for hydroxylation is 2. The van der Waals surface area contributed by atoms with Crippen LogP contribution in [0.15, 0.2) is 0 Å². The Bertz CT molecular complexity index is 281. The Labute approximate surface area is 90.8 Å². The van der Waals surface area contributed by atoms with Gasteiger partial charge in [0.15, 0.2) is 0 Å². The van der Waals surface area contributed by atoms with Crippen LogP contribution in [0.2, 0.25) is 0 Å². The number of aromatic nitrogens is 1. The number of hydrogen-bond acceptors (Lipinski definition) is 3. The van der Waals surface area contributed by atoms with Crippen LogP contribution < -0.4 is 5.32 Å². The second-order valence-electron chi connectivity index (χ2n) is 3.75. The van der Waals surface area contributed by atoms with E-state index in [-0.39, 0.29) is 0 Å². The smallest absolute Gasteiger partial charge is 0.0900 e. The Morgan fingerprint density at radius 1 is 1.43 bits per heavy atom. The zero-order chi connectivity index (χ0) is 10.6. The van der Waals surface area contributed by atoms with Crippen LogP contribution in [-0.2, 0) is 6.42 Å². The molecule has 1 atom stereocenters. The lowest BCUT2D eigenvalue weighted by Crippen LogP contribution is -2.27. The Morgan fingerprint density at radius 3 is 2.64 bits per heavy atom. The molecule has 1 rings (SSSR count). The molecule has 0 aliphatic carbocycles. The van der Waals surface area contributed by atoms with Crippen molar-refractivity contribution in [2.75, 3.05) is 6.54 Å². The first-order chi connectivity index (χ1) is 6.63. The Balaban J connectivity index is 2.34. The third-order valence-corrected chi connectivity index (χ3v) is 3.59. The van der Waals surface area contributed by atoms with E-state index < -0.39 is 0 Å². The van der Waals surface area contributed by atoms with Gasteiger partial charge in [0.2, 0.25) is 0 Å². The van der Waals surface area contributed by atoms with Crippen LogP contribution in [0.1, 0.15) is 35.8 Å². The predicted molar refractivity (Wildman–Crippen MR) is 63.0 cm³/mol. The van der Waals surface area contributed by atoms with E-state index in [2.05, 4.69) is 38.0 Å². The van der Waals surface area contributed by atoms with Crippen molar-refractivity contribution < 1.29 is 0 Å². The van der Waals surface area contributed by atoms with Crippen LogP contribution in [0.3, 0.4) is 0 Å². The summed E-state index contributed by atoms with van der Waals surface area (Å²) < 4.78 is 0. The average molecular weight is 212 g/mol. The van der Waals surface area contributed by atoms with Gasteiger partial charge in [-0.05, 0) is 33.6 Å². The van der Waals surface area contributed by atoms with E-state index in [1.165, 1.54) is 22.0 Å². The lowest BCUT2D eigenvalue weighted by atomic mass is 10.2. The monoisotopic (exact) mass is 212 g/mol. The van der Waals surface area contributed by atoms with E-state index in [0.29, 0.717) is 6.04 Å². The van der Waals surface area contributed by atoms with Crippen molar-refractivity contribution in [2.45, 2.75) is 46.6 Å². The van der Waals surface area contributed by atoms with Gasteiger partial charge >= 0.3 is 0 Å². The molecular weight excluding hydrogens is 192 g/mol. The fraction of sp³-hybridized carbons (Fsp3) is 0.727. The summed E-state index contributed by atoms with van der Waals surface area (Å²) in [5.74, 6) is 0. The first-order valence-electron chi connectivity index (χ1n) is 5.29. The standard InChI is InChI=1S/C11H20N2S/c1-5-8(2)12-7-6-11-9(3)13-10(4)14-11/h8,12H,5-7H2,1-4H3. The van der Waals surface area contributed by atoms with Crippen LogP contribution in [0.4, 0.5) is 0 Å². The third-order valence-electron chi connectivity index (χ3n) is 2.46. The van der Waals surface area contributed by atoms with E-state index in [1.807, 2.05) is 11.3 Å². The summed E-state index contributed by atoms with van der Waals surface area (Å²) in [6.45, 7) is 9.67. The van der Waals surface area contributed by atoms with E-state index in [1.54, 1.807) is 0 Å². The Morgan fingerprint density at radius 2 is 2.14 bits per heavy atom. The fourth-order valence-electron chi connectivity index (χ4n) is 1.38. The molecule has 0 aliphatic rings. The van der Waals surface area contributed by atoms with Crippen LogP contribution >= 0.6 is 11.3 Å². The summed E-state index contributed by atoms with van der Waals surface area (Å²) in [6.07, 6.45) is 2.31. The lowest BCUT2D eigenvalue weighted by molar-refractivity contribution is 0.538. The number of nitrogens with one attached hydrogen (secondary N) is 1. The molecular formula is C11H20N2S. The molecule has 0 aromatic carbocycles. The molecule has 1 aromatic rings. The maximum absolute atomic E-state index is 4.42. The van der Waals surface area contributed by atoms with Crippen molar-refractivity contribution in [1.29, 1.82) is 0 Å². The lowest BCUT2D eigenvalue weighted by Gasteiger charge is -2.10. The largest absolute Gasteiger partial charge is 0.314 e. The number of hydrogen-bond donors (Lipinski definition) is 1. The molecule has 1 heterocycles. The Kier molecular flexibility index (Phi) is 4.55. The van der Waals surface area contributed by atoms with Crippen LogP contribution in [0.25, 0.3) is 0 Å². The van der Waals surface area contributed by atoms with Crippen molar-refractivity contribution in [2.24, 2.45) is 0 Å². The SMILES string of the molecule is CCC(C)NCCc1sc(C)nc1C. The number of nitrogens with zero attached hydrogens (tertiary/aromatic N) is 1. The van der Waals surface area contributed by atoms with Crippen molar-refractivity contribution in [3.63, 3.8) is 0 Å². The minimum atomic E-state index is 0.629. The topological polar surface area (TPSA) is 24.9 Å². The van der Waals surface area contributed by atoms with Gasteiger partial charge in [-0.1, -0.05) is 6.92 Å². The minimum absolute atomic E-state index is 0.629. The molecule has 2 nitrogen and oxygen atoms in total. The molecule has 1 N–H and O–H groups in total. The molecule has 0 saturated heterocycles. The molecule has 0 saturated carbocycles. The second kappa shape index (κ2) is 5.47. The van der Waals surface area contributed by atoms with E-state index in [0.717, 1.165) is 13.0 Å².